The molecule has 1 aromatic rings. The van der Waals surface area contributed by atoms with Crippen molar-refractivity contribution in [1.29, 1.82) is 0 Å². The molecule has 0 saturated carbocycles. The highest BCUT2D eigenvalue weighted by atomic mass is 35.5. The van der Waals surface area contributed by atoms with E-state index in [0.29, 0.717) is 23.8 Å². The van der Waals surface area contributed by atoms with Gasteiger partial charge in [0.05, 0.1) is 6.61 Å². The van der Waals surface area contributed by atoms with Crippen LogP contribution in [0.5, 0.6) is 5.75 Å². The standard InChI is InChI=1S/C15H19ClN2O5/c1-9-8-11(5-6-12(9)16)22-7-3-4-13(19)23-10(2)14(20)18-15(17)21/h5-6,8,10H,3-4,7H2,1-2H3,(H3,17,18,20,21)/t10-/m0/s1. The Labute approximate surface area is 139 Å². The summed E-state index contributed by atoms with van der Waals surface area (Å²) in [5, 5.41) is 2.49. The zero-order valence-electron chi connectivity index (χ0n) is 12.9. The minimum atomic E-state index is -1.09. The number of carbonyl (C=O) groups excluding carboxylic acids is 3. The van der Waals surface area contributed by atoms with Gasteiger partial charge < -0.3 is 15.2 Å². The number of nitrogens with two attached hydrogens (primary N) is 1. The van der Waals surface area contributed by atoms with Gasteiger partial charge in [0.25, 0.3) is 5.91 Å². The van der Waals surface area contributed by atoms with Crippen LogP contribution < -0.4 is 15.8 Å². The molecule has 0 aliphatic rings. The summed E-state index contributed by atoms with van der Waals surface area (Å²) in [5.74, 6) is -0.666. The number of nitrogens with one attached hydrogen (secondary N) is 1. The number of carbonyl (C=O) groups is 3. The lowest BCUT2D eigenvalue weighted by atomic mass is 10.2. The van der Waals surface area contributed by atoms with Crippen LogP contribution in [0.25, 0.3) is 0 Å². The topological polar surface area (TPSA) is 108 Å². The van der Waals surface area contributed by atoms with Crippen molar-refractivity contribution >= 4 is 29.5 Å². The fourth-order valence-electron chi connectivity index (χ4n) is 1.65. The maximum Gasteiger partial charge on any atom is 0.318 e. The van der Waals surface area contributed by atoms with Crippen LogP contribution in [-0.4, -0.2) is 30.6 Å². The lowest BCUT2D eigenvalue weighted by Gasteiger charge is -2.12. The minimum Gasteiger partial charge on any atom is -0.494 e. The molecule has 1 rings (SSSR count). The van der Waals surface area contributed by atoms with Crippen molar-refractivity contribution in [3.05, 3.63) is 28.8 Å². The molecular formula is C15H19ClN2O5. The number of amides is 3. The molecule has 0 aliphatic heterocycles. The van der Waals surface area contributed by atoms with Crippen molar-refractivity contribution in [3.8, 4) is 5.75 Å². The molecule has 0 unspecified atom stereocenters. The number of rotatable bonds is 7. The maximum atomic E-state index is 11.6. The van der Waals surface area contributed by atoms with Crippen molar-refractivity contribution in [2.24, 2.45) is 5.73 Å². The third kappa shape index (κ3) is 7.01. The molecule has 0 bridgehead atoms. The van der Waals surface area contributed by atoms with Gasteiger partial charge in [-0.15, -0.1) is 0 Å². The fraction of sp³-hybridized carbons (Fsp3) is 0.400. The van der Waals surface area contributed by atoms with Crippen molar-refractivity contribution in [3.63, 3.8) is 0 Å². The van der Waals surface area contributed by atoms with E-state index in [1.54, 1.807) is 18.2 Å². The summed E-state index contributed by atoms with van der Waals surface area (Å²) in [6.45, 7) is 3.53. The SMILES string of the molecule is Cc1cc(OCCCC(=O)O[C@@H](C)C(=O)NC(N)=O)ccc1Cl. The van der Waals surface area contributed by atoms with E-state index in [4.69, 9.17) is 26.8 Å². The van der Waals surface area contributed by atoms with E-state index in [-0.39, 0.29) is 6.42 Å². The average Bonchev–Trinajstić information content (AvgIpc) is 2.46. The largest absolute Gasteiger partial charge is 0.494 e. The molecule has 1 aromatic carbocycles. The zero-order chi connectivity index (χ0) is 17.4. The number of hydrogen-bond donors (Lipinski definition) is 2. The Bertz CT molecular complexity index is 591. The van der Waals surface area contributed by atoms with Crippen LogP contribution >= 0.6 is 11.6 Å². The van der Waals surface area contributed by atoms with Gasteiger partial charge in [-0.3, -0.25) is 14.9 Å². The van der Waals surface area contributed by atoms with Gasteiger partial charge in [0, 0.05) is 11.4 Å². The number of primary amides is 1. The maximum absolute atomic E-state index is 11.6. The molecule has 126 valence electrons. The van der Waals surface area contributed by atoms with Gasteiger partial charge in [0.15, 0.2) is 6.10 Å². The summed E-state index contributed by atoms with van der Waals surface area (Å²) in [5.41, 5.74) is 5.70. The van der Waals surface area contributed by atoms with E-state index in [1.165, 1.54) is 6.92 Å². The van der Waals surface area contributed by atoms with E-state index >= 15 is 0 Å². The summed E-state index contributed by atoms with van der Waals surface area (Å²) in [7, 11) is 0. The fourth-order valence-corrected chi connectivity index (χ4v) is 1.76. The summed E-state index contributed by atoms with van der Waals surface area (Å²) in [6, 6.07) is 4.28. The number of ether oxygens (including phenoxy) is 2. The first-order valence-electron chi connectivity index (χ1n) is 6.98. The van der Waals surface area contributed by atoms with Crippen LogP contribution in [0.3, 0.4) is 0 Å². The molecule has 0 aromatic heterocycles. The molecule has 7 nitrogen and oxygen atoms in total. The molecule has 0 heterocycles. The molecule has 0 aliphatic carbocycles. The number of benzene rings is 1. The minimum absolute atomic E-state index is 0.0841. The normalized spacial score (nSPS) is 11.4. The lowest BCUT2D eigenvalue weighted by molar-refractivity contribution is -0.154. The molecule has 0 fully saturated rings. The number of hydrogen-bond acceptors (Lipinski definition) is 5. The molecular weight excluding hydrogens is 324 g/mol. The Balaban J connectivity index is 2.27. The molecule has 0 saturated heterocycles. The first kappa shape index (κ1) is 18.8. The number of halogens is 1. The highest BCUT2D eigenvalue weighted by Gasteiger charge is 2.18. The average molecular weight is 343 g/mol. The molecule has 0 spiro atoms. The van der Waals surface area contributed by atoms with Crippen LogP contribution in [-0.2, 0) is 14.3 Å². The van der Waals surface area contributed by atoms with E-state index in [9.17, 15) is 14.4 Å². The Morgan fingerprint density at radius 2 is 2.04 bits per heavy atom. The summed E-state index contributed by atoms with van der Waals surface area (Å²) in [6.07, 6.45) is -0.583. The Hall–Kier alpha value is -2.28. The van der Waals surface area contributed by atoms with Crippen molar-refractivity contribution in [1.82, 2.24) is 5.32 Å². The van der Waals surface area contributed by atoms with Crippen LogP contribution in [0, 0.1) is 6.92 Å². The summed E-state index contributed by atoms with van der Waals surface area (Å²) in [4.78, 5) is 33.4. The van der Waals surface area contributed by atoms with Crippen LogP contribution in [0.1, 0.15) is 25.3 Å². The molecule has 8 heteroatoms. The highest BCUT2D eigenvalue weighted by molar-refractivity contribution is 6.31. The number of urea groups is 1. The van der Waals surface area contributed by atoms with Crippen LogP contribution in [0.2, 0.25) is 5.02 Å². The molecule has 23 heavy (non-hydrogen) atoms. The first-order valence-corrected chi connectivity index (χ1v) is 7.36. The number of esters is 1. The van der Waals surface area contributed by atoms with Gasteiger partial charge in [0.2, 0.25) is 0 Å². The quantitative estimate of drug-likeness (QED) is 0.581. The van der Waals surface area contributed by atoms with Gasteiger partial charge in [-0.25, -0.2) is 4.79 Å². The Morgan fingerprint density at radius 3 is 2.65 bits per heavy atom. The van der Waals surface area contributed by atoms with Crippen LogP contribution in [0.15, 0.2) is 18.2 Å². The summed E-state index contributed by atoms with van der Waals surface area (Å²) < 4.78 is 10.4. The van der Waals surface area contributed by atoms with Gasteiger partial charge in [-0.05, 0) is 44.0 Å². The number of aryl methyl sites for hydroxylation is 1. The van der Waals surface area contributed by atoms with Gasteiger partial charge in [-0.1, -0.05) is 11.6 Å². The second-order valence-electron chi connectivity index (χ2n) is 4.85. The second kappa shape index (κ2) is 8.99. The lowest BCUT2D eigenvalue weighted by Crippen LogP contribution is -2.42. The molecule has 3 N–H and O–H groups in total. The van der Waals surface area contributed by atoms with E-state index in [0.717, 1.165) is 5.56 Å². The summed E-state index contributed by atoms with van der Waals surface area (Å²) >= 11 is 5.91. The third-order valence-corrected chi connectivity index (χ3v) is 3.27. The second-order valence-corrected chi connectivity index (χ2v) is 5.26. The smallest absolute Gasteiger partial charge is 0.318 e. The molecule has 1 atom stereocenters. The van der Waals surface area contributed by atoms with Crippen LogP contribution in [0.4, 0.5) is 4.79 Å². The first-order chi connectivity index (χ1) is 10.8. The van der Waals surface area contributed by atoms with Crippen molar-refractivity contribution in [2.45, 2.75) is 32.8 Å². The van der Waals surface area contributed by atoms with E-state index in [2.05, 4.69) is 0 Å². The van der Waals surface area contributed by atoms with Gasteiger partial charge in [0.1, 0.15) is 5.75 Å². The van der Waals surface area contributed by atoms with E-state index in [1.807, 2.05) is 12.2 Å². The Kier molecular flexibility index (Phi) is 7.34. The van der Waals surface area contributed by atoms with Crippen molar-refractivity contribution < 1.29 is 23.9 Å². The predicted molar refractivity (Wildman–Crippen MR) is 84.2 cm³/mol. The van der Waals surface area contributed by atoms with Gasteiger partial charge >= 0.3 is 12.0 Å². The van der Waals surface area contributed by atoms with Gasteiger partial charge in [-0.2, -0.15) is 0 Å². The molecule has 3 amide bonds. The molecule has 0 radical (unpaired) electrons. The van der Waals surface area contributed by atoms with Crippen molar-refractivity contribution in [2.75, 3.05) is 6.61 Å². The third-order valence-electron chi connectivity index (χ3n) is 2.85. The highest BCUT2D eigenvalue weighted by Crippen LogP contribution is 2.21. The zero-order valence-corrected chi connectivity index (χ0v) is 13.7. The van der Waals surface area contributed by atoms with E-state index < -0.39 is 24.0 Å². The monoisotopic (exact) mass is 342 g/mol. The predicted octanol–water partition coefficient (Wildman–Crippen LogP) is 1.93. The Morgan fingerprint density at radius 1 is 1.35 bits per heavy atom. The number of imide groups is 1.